The Morgan fingerprint density at radius 2 is 1.72 bits per heavy atom. The van der Waals surface area contributed by atoms with E-state index in [0.29, 0.717) is 5.70 Å². The number of ketones is 2. The van der Waals surface area contributed by atoms with Crippen LogP contribution < -0.4 is 10.7 Å². The summed E-state index contributed by atoms with van der Waals surface area (Å²) in [6, 6.07) is 2.20. The molecular weight excluding hydrogens is 538 g/mol. The summed E-state index contributed by atoms with van der Waals surface area (Å²) in [6.07, 6.45) is 12.4. The zero-order chi connectivity index (χ0) is 31.5. The summed E-state index contributed by atoms with van der Waals surface area (Å²) < 4.78 is 0. The second kappa shape index (κ2) is 9.06. The number of likely N-dealkylation sites (N-methyl/N-ethyl adjacent to an activating group) is 1. The average Bonchev–Trinajstić information content (AvgIpc) is 3.33. The fraction of sp³-hybridized carbons (Fsp3) is 0.714. The number of allylic oxidation sites excluding steroid dienone is 4. The van der Waals surface area contributed by atoms with E-state index in [9.17, 15) is 19.6 Å². The van der Waals surface area contributed by atoms with Crippen molar-refractivity contribution in [2.24, 2.45) is 44.8 Å². The molecule has 8 nitrogen and oxygen atoms in total. The molecule has 0 aromatic heterocycles. The molecule has 1 heterocycles. The first-order chi connectivity index (χ1) is 19.9. The van der Waals surface area contributed by atoms with Gasteiger partial charge < -0.3 is 5.32 Å². The van der Waals surface area contributed by atoms with Crippen molar-refractivity contribution in [2.75, 3.05) is 14.1 Å². The van der Waals surface area contributed by atoms with Crippen molar-refractivity contribution in [3.05, 3.63) is 35.2 Å². The molecule has 6 rings (SSSR count). The number of hydrogen-bond acceptors (Lipinski definition) is 7. The molecule has 0 radical (unpaired) electrons. The molecule has 3 saturated carbocycles. The van der Waals surface area contributed by atoms with Crippen LogP contribution in [0.1, 0.15) is 93.4 Å². The van der Waals surface area contributed by atoms with E-state index >= 15 is 0 Å². The van der Waals surface area contributed by atoms with E-state index in [1.54, 1.807) is 7.05 Å². The lowest BCUT2D eigenvalue weighted by Gasteiger charge is -2.70. The molecule has 0 unspecified atom stereocenters. The van der Waals surface area contributed by atoms with E-state index in [0.717, 1.165) is 50.5 Å². The van der Waals surface area contributed by atoms with E-state index < -0.39 is 10.8 Å². The van der Waals surface area contributed by atoms with Crippen molar-refractivity contribution < 1.29 is 14.4 Å². The fourth-order valence-electron chi connectivity index (χ4n) is 11.1. The second-order valence-corrected chi connectivity index (χ2v) is 16.5. The molecule has 0 aromatic carbocycles. The predicted octanol–water partition coefficient (Wildman–Crippen LogP) is 5.21. The van der Waals surface area contributed by atoms with E-state index in [1.807, 2.05) is 44.4 Å². The first-order valence-electron chi connectivity index (χ1n) is 16.1. The third-order valence-electron chi connectivity index (χ3n) is 13.6. The summed E-state index contributed by atoms with van der Waals surface area (Å²) >= 11 is 0. The molecule has 43 heavy (non-hydrogen) atoms. The number of nitrogens with zero attached hydrogens (tertiary/aromatic N) is 3. The highest BCUT2D eigenvalue weighted by Gasteiger charge is 2.71. The normalized spacial score (nSPS) is 43.0. The highest BCUT2D eigenvalue weighted by atomic mass is 16.2. The van der Waals surface area contributed by atoms with Gasteiger partial charge in [-0.1, -0.05) is 60.1 Å². The van der Waals surface area contributed by atoms with Crippen LogP contribution in [0.25, 0.3) is 0 Å². The predicted molar refractivity (Wildman–Crippen MR) is 164 cm³/mol. The lowest BCUT2D eigenvalue weighted by Crippen LogP contribution is -2.70. The number of nitrogens with one attached hydrogen (secondary N) is 2. The molecule has 2 N–H and O–H groups in total. The smallest absolute Gasteiger partial charge is 0.270 e. The number of hydrogen-bond donors (Lipinski definition) is 2. The maximum atomic E-state index is 14.8. The summed E-state index contributed by atoms with van der Waals surface area (Å²) in [5.41, 5.74) is 3.18. The summed E-state index contributed by atoms with van der Waals surface area (Å²) in [5, 5.41) is 16.9. The van der Waals surface area contributed by atoms with Crippen LogP contribution in [0, 0.1) is 56.2 Å². The van der Waals surface area contributed by atoms with Gasteiger partial charge in [-0.3, -0.25) is 24.8 Å². The van der Waals surface area contributed by atoms with Gasteiger partial charge in [0.1, 0.15) is 11.8 Å². The first kappa shape index (κ1) is 30.1. The molecule has 8 heteroatoms. The lowest BCUT2D eigenvalue weighted by molar-refractivity contribution is -0.200. The van der Waals surface area contributed by atoms with Gasteiger partial charge in [0.05, 0.1) is 11.1 Å². The molecular formula is C35H49N5O3. The minimum Gasteiger partial charge on any atom is -0.354 e. The topological polar surface area (TPSA) is 106 Å². The fourth-order valence-corrected chi connectivity index (χ4v) is 11.1. The highest BCUT2D eigenvalue weighted by molar-refractivity contribution is 6.04. The van der Waals surface area contributed by atoms with Gasteiger partial charge >= 0.3 is 0 Å². The molecule has 3 fully saturated rings. The summed E-state index contributed by atoms with van der Waals surface area (Å²) in [6.45, 7) is 15.6. The van der Waals surface area contributed by atoms with Crippen LogP contribution >= 0.6 is 0 Å². The molecule has 7 atom stereocenters. The van der Waals surface area contributed by atoms with Crippen molar-refractivity contribution in [3.63, 3.8) is 0 Å². The number of nitriles is 1. The van der Waals surface area contributed by atoms with Gasteiger partial charge in [0.25, 0.3) is 5.91 Å². The number of carbonyl (C=O) groups excluding carboxylic acids is 3. The van der Waals surface area contributed by atoms with Crippen LogP contribution in [-0.2, 0) is 14.4 Å². The molecule has 5 aliphatic carbocycles. The monoisotopic (exact) mass is 587 g/mol. The van der Waals surface area contributed by atoms with Crippen molar-refractivity contribution in [2.45, 2.75) is 99.0 Å². The Morgan fingerprint density at radius 1 is 1.05 bits per heavy atom. The molecule has 232 valence electrons. The number of carbonyl (C=O) groups is 3. The molecule has 6 aliphatic rings. The van der Waals surface area contributed by atoms with Gasteiger partial charge in [0, 0.05) is 37.0 Å². The van der Waals surface area contributed by atoms with Crippen LogP contribution in [0.4, 0.5) is 0 Å². The Morgan fingerprint density at radius 3 is 2.37 bits per heavy atom. The van der Waals surface area contributed by atoms with Gasteiger partial charge in [-0.2, -0.15) is 5.26 Å². The quantitative estimate of drug-likeness (QED) is 0.457. The zero-order valence-electron chi connectivity index (χ0n) is 27.5. The third-order valence-corrected chi connectivity index (χ3v) is 13.6. The number of fused-ring (bicyclic) bond motifs is 7. The Bertz CT molecular complexity index is 1450. The maximum Gasteiger partial charge on any atom is 0.270 e. The van der Waals surface area contributed by atoms with Crippen LogP contribution in [0.3, 0.4) is 0 Å². The molecule has 1 aliphatic heterocycles. The SMILES string of the molecule is CNC(=O)C1=CN([C@]23CCC(C)(C)C[C@H]2[C@H]2C(=O)C=C4[C@@]5(C)C=C(C#N)C(=O)C(C)(C)[C@@H]5CC[C@@]4(C)[C@]2(C)CC3)N(C)N1. The van der Waals surface area contributed by atoms with Gasteiger partial charge in [-0.15, -0.1) is 5.12 Å². The van der Waals surface area contributed by atoms with Gasteiger partial charge in [0.15, 0.2) is 11.6 Å². The Hall–Kier alpha value is -2.92. The van der Waals surface area contributed by atoms with Gasteiger partial charge in [-0.25, -0.2) is 0 Å². The van der Waals surface area contributed by atoms with Crippen molar-refractivity contribution in [1.82, 2.24) is 20.9 Å². The largest absolute Gasteiger partial charge is 0.354 e. The Labute approximate surface area is 256 Å². The van der Waals surface area contributed by atoms with Crippen LogP contribution in [0.2, 0.25) is 0 Å². The van der Waals surface area contributed by atoms with Crippen molar-refractivity contribution in [3.8, 4) is 6.07 Å². The maximum absolute atomic E-state index is 14.8. The van der Waals surface area contributed by atoms with Crippen LogP contribution in [0.5, 0.6) is 0 Å². The minimum atomic E-state index is -0.672. The summed E-state index contributed by atoms with van der Waals surface area (Å²) in [7, 11) is 3.60. The van der Waals surface area contributed by atoms with E-state index in [4.69, 9.17) is 0 Å². The standard InChI is InChI=1S/C35H49N5O3/c1-30(2)12-14-35(40-20-23(29(43)37-8)38-39(40)9)15-13-34(7)27(22(35)18-30)24(41)16-26-32(5)17-21(19-36)28(42)31(3,4)25(32)10-11-33(26,34)6/h16-17,20,22,25,27,38H,10-15,18H2,1-9H3,(H,37,43)/t22-,25-,27-,32-,33+,34+,35-/m0/s1. The average molecular weight is 588 g/mol. The number of hydrazine groups is 2. The minimum absolute atomic E-state index is 0.0331. The van der Waals surface area contributed by atoms with E-state index in [2.05, 4.69) is 56.4 Å². The number of Topliss-reactive ketones (excluding diaryl/α,β-unsaturated/α-hetero) is 1. The molecule has 1 amide bonds. The van der Waals surface area contributed by atoms with Crippen LogP contribution in [-0.4, -0.2) is 47.2 Å². The number of amides is 1. The van der Waals surface area contributed by atoms with Crippen molar-refractivity contribution in [1.29, 1.82) is 5.26 Å². The van der Waals surface area contributed by atoms with E-state index in [-0.39, 0.29) is 62.6 Å². The Kier molecular flexibility index (Phi) is 6.35. The first-order valence-corrected chi connectivity index (χ1v) is 16.1. The zero-order valence-corrected chi connectivity index (χ0v) is 27.5. The van der Waals surface area contributed by atoms with Crippen molar-refractivity contribution >= 4 is 17.5 Å². The second-order valence-electron chi connectivity index (χ2n) is 16.5. The van der Waals surface area contributed by atoms with Crippen LogP contribution in [0.15, 0.2) is 35.2 Å². The number of rotatable bonds is 2. The third kappa shape index (κ3) is 3.73. The van der Waals surface area contributed by atoms with E-state index in [1.165, 1.54) is 0 Å². The molecule has 0 spiro atoms. The lowest BCUT2D eigenvalue weighted by atomic mass is 9.35. The van der Waals surface area contributed by atoms with Gasteiger partial charge in [0.2, 0.25) is 0 Å². The molecule has 0 bridgehead atoms. The molecule has 0 saturated heterocycles. The summed E-state index contributed by atoms with van der Waals surface area (Å²) in [4.78, 5) is 40.8. The molecule has 0 aromatic rings. The highest BCUT2D eigenvalue weighted by Crippen LogP contribution is 2.74. The van der Waals surface area contributed by atoms with Gasteiger partial charge in [-0.05, 0) is 79.1 Å². The summed E-state index contributed by atoms with van der Waals surface area (Å²) in [5.74, 6) is -0.0785. The Balaban J connectivity index is 1.51.